The Bertz CT molecular complexity index is 439. The molecule has 6 heteroatoms. The molecule has 21 heavy (non-hydrogen) atoms. The lowest BCUT2D eigenvalue weighted by atomic mass is 9.96. The molecular formula is C15H23N3O3. The highest BCUT2D eigenvalue weighted by atomic mass is 16.3. The number of rotatable bonds is 6. The second kappa shape index (κ2) is 8.34. The summed E-state index contributed by atoms with van der Waals surface area (Å²) in [6.45, 7) is 0.711. The van der Waals surface area contributed by atoms with Gasteiger partial charge in [0.1, 0.15) is 5.76 Å². The van der Waals surface area contributed by atoms with Crippen molar-refractivity contribution in [1.29, 1.82) is 0 Å². The predicted octanol–water partition coefficient (Wildman–Crippen LogP) is 1.92. The number of amides is 3. The van der Waals surface area contributed by atoms with Crippen molar-refractivity contribution in [1.82, 2.24) is 16.0 Å². The summed E-state index contributed by atoms with van der Waals surface area (Å²) in [5, 5.41) is 8.41. The zero-order valence-corrected chi connectivity index (χ0v) is 12.2. The van der Waals surface area contributed by atoms with Gasteiger partial charge in [-0.15, -0.1) is 0 Å². The maximum Gasteiger partial charge on any atom is 0.315 e. The number of carbonyl (C=O) groups excluding carboxylic acids is 2. The standard InChI is InChI=1S/C15H23N3O3/c19-14(17-11-13-7-4-10-21-13)8-9-16-15(20)18-12-5-2-1-3-6-12/h4,7,10,12H,1-3,5-6,8-9,11H2,(H,17,19)(H2,16,18,20). The molecule has 3 N–H and O–H groups in total. The minimum absolute atomic E-state index is 0.107. The summed E-state index contributed by atoms with van der Waals surface area (Å²) in [5.41, 5.74) is 0. The summed E-state index contributed by atoms with van der Waals surface area (Å²) in [6.07, 6.45) is 7.56. The minimum atomic E-state index is -0.180. The maximum atomic E-state index is 11.7. The Kier molecular flexibility index (Phi) is 6.12. The van der Waals surface area contributed by atoms with Crippen molar-refractivity contribution >= 4 is 11.9 Å². The molecule has 1 aliphatic rings. The van der Waals surface area contributed by atoms with Crippen LogP contribution >= 0.6 is 0 Å². The first-order valence-corrected chi connectivity index (χ1v) is 7.57. The van der Waals surface area contributed by atoms with Crippen LogP contribution in [-0.4, -0.2) is 24.5 Å². The van der Waals surface area contributed by atoms with Gasteiger partial charge < -0.3 is 20.4 Å². The predicted molar refractivity (Wildman–Crippen MR) is 78.6 cm³/mol. The van der Waals surface area contributed by atoms with E-state index in [0.29, 0.717) is 18.8 Å². The number of hydrogen-bond donors (Lipinski definition) is 3. The minimum Gasteiger partial charge on any atom is -0.467 e. The summed E-state index contributed by atoms with van der Waals surface area (Å²) < 4.78 is 5.12. The van der Waals surface area contributed by atoms with Gasteiger partial charge in [0, 0.05) is 19.0 Å². The Morgan fingerprint density at radius 1 is 1.19 bits per heavy atom. The Balaban J connectivity index is 1.53. The molecule has 2 rings (SSSR count). The van der Waals surface area contributed by atoms with Crippen LogP contribution in [0.1, 0.15) is 44.3 Å². The van der Waals surface area contributed by atoms with E-state index in [1.54, 1.807) is 18.4 Å². The summed E-state index contributed by atoms with van der Waals surface area (Å²) in [5.74, 6) is 0.607. The Labute approximate surface area is 124 Å². The molecule has 0 bridgehead atoms. The van der Waals surface area contributed by atoms with Gasteiger partial charge in [0.15, 0.2) is 0 Å². The van der Waals surface area contributed by atoms with Gasteiger partial charge in [-0.25, -0.2) is 4.79 Å². The summed E-state index contributed by atoms with van der Waals surface area (Å²) in [7, 11) is 0. The lowest BCUT2D eigenvalue weighted by Gasteiger charge is -2.22. The van der Waals surface area contributed by atoms with Gasteiger partial charge in [-0.3, -0.25) is 4.79 Å². The molecule has 1 aliphatic carbocycles. The van der Waals surface area contributed by atoms with Crippen LogP contribution in [0.3, 0.4) is 0 Å². The van der Waals surface area contributed by atoms with Crippen LogP contribution in [0.15, 0.2) is 22.8 Å². The highest BCUT2D eigenvalue weighted by Crippen LogP contribution is 2.17. The lowest BCUT2D eigenvalue weighted by molar-refractivity contribution is -0.121. The molecule has 6 nitrogen and oxygen atoms in total. The molecule has 1 heterocycles. The Morgan fingerprint density at radius 3 is 2.71 bits per heavy atom. The second-order valence-corrected chi connectivity index (χ2v) is 5.34. The molecule has 0 radical (unpaired) electrons. The molecule has 1 fully saturated rings. The number of carbonyl (C=O) groups is 2. The molecule has 0 atom stereocenters. The zero-order chi connectivity index (χ0) is 14.9. The van der Waals surface area contributed by atoms with Crippen molar-refractivity contribution in [3.05, 3.63) is 24.2 Å². The normalized spacial score (nSPS) is 15.4. The first-order chi connectivity index (χ1) is 10.2. The largest absolute Gasteiger partial charge is 0.467 e. The van der Waals surface area contributed by atoms with Crippen LogP contribution in [0, 0.1) is 0 Å². The molecule has 0 saturated heterocycles. The first kappa shape index (κ1) is 15.4. The van der Waals surface area contributed by atoms with Crippen molar-refractivity contribution in [2.75, 3.05) is 6.54 Å². The number of hydrogen-bond acceptors (Lipinski definition) is 3. The molecule has 0 aromatic carbocycles. The fourth-order valence-electron chi connectivity index (χ4n) is 2.46. The fraction of sp³-hybridized carbons (Fsp3) is 0.600. The molecule has 1 aromatic heterocycles. The van der Waals surface area contributed by atoms with Gasteiger partial charge in [0.05, 0.1) is 12.8 Å². The van der Waals surface area contributed by atoms with E-state index in [9.17, 15) is 9.59 Å². The van der Waals surface area contributed by atoms with Crippen molar-refractivity contribution in [3.8, 4) is 0 Å². The average Bonchev–Trinajstić information content (AvgIpc) is 2.99. The highest BCUT2D eigenvalue weighted by molar-refractivity contribution is 5.78. The van der Waals surface area contributed by atoms with E-state index in [0.717, 1.165) is 12.8 Å². The van der Waals surface area contributed by atoms with Gasteiger partial charge in [0.2, 0.25) is 5.91 Å². The SMILES string of the molecule is O=C(CCNC(=O)NC1CCCCC1)NCc1ccco1. The molecule has 3 amide bonds. The van der Waals surface area contributed by atoms with Crippen molar-refractivity contribution < 1.29 is 14.0 Å². The van der Waals surface area contributed by atoms with Crippen LogP contribution in [0.4, 0.5) is 4.79 Å². The summed E-state index contributed by atoms with van der Waals surface area (Å²) >= 11 is 0. The van der Waals surface area contributed by atoms with E-state index in [1.807, 2.05) is 0 Å². The van der Waals surface area contributed by atoms with E-state index in [4.69, 9.17) is 4.42 Å². The molecule has 0 aliphatic heterocycles. The van der Waals surface area contributed by atoms with E-state index in [1.165, 1.54) is 19.3 Å². The van der Waals surface area contributed by atoms with E-state index < -0.39 is 0 Å². The third-order valence-electron chi connectivity index (χ3n) is 3.62. The monoisotopic (exact) mass is 293 g/mol. The lowest BCUT2D eigenvalue weighted by Crippen LogP contribution is -2.43. The number of nitrogens with one attached hydrogen (secondary N) is 3. The molecular weight excluding hydrogens is 270 g/mol. The van der Waals surface area contributed by atoms with Gasteiger partial charge in [-0.1, -0.05) is 19.3 Å². The van der Waals surface area contributed by atoms with Crippen molar-refractivity contribution in [2.24, 2.45) is 0 Å². The van der Waals surface area contributed by atoms with Gasteiger partial charge >= 0.3 is 6.03 Å². The number of urea groups is 1. The molecule has 0 unspecified atom stereocenters. The van der Waals surface area contributed by atoms with E-state index in [2.05, 4.69) is 16.0 Å². The van der Waals surface area contributed by atoms with E-state index >= 15 is 0 Å². The average molecular weight is 293 g/mol. The topological polar surface area (TPSA) is 83.4 Å². The van der Waals surface area contributed by atoms with Gasteiger partial charge in [-0.05, 0) is 25.0 Å². The molecule has 0 spiro atoms. The van der Waals surface area contributed by atoms with Crippen LogP contribution in [-0.2, 0) is 11.3 Å². The van der Waals surface area contributed by atoms with Gasteiger partial charge in [-0.2, -0.15) is 0 Å². The maximum absolute atomic E-state index is 11.7. The second-order valence-electron chi connectivity index (χ2n) is 5.34. The van der Waals surface area contributed by atoms with Crippen LogP contribution in [0.5, 0.6) is 0 Å². The number of furan rings is 1. The highest BCUT2D eigenvalue weighted by Gasteiger charge is 2.15. The van der Waals surface area contributed by atoms with Crippen molar-refractivity contribution in [2.45, 2.75) is 51.1 Å². The summed E-state index contributed by atoms with van der Waals surface area (Å²) in [4.78, 5) is 23.3. The van der Waals surface area contributed by atoms with Crippen LogP contribution in [0.25, 0.3) is 0 Å². The third kappa shape index (κ3) is 5.89. The Hall–Kier alpha value is -1.98. The molecule has 1 aromatic rings. The Morgan fingerprint density at radius 2 is 2.00 bits per heavy atom. The van der Waals surface area contributed by atoms with Gasteiger partial charge in [0.25, 0.3) is 0 Å². The fourth-order valence-corrected chi connectivity index (χ4v) is 2.46. The third-order valence-corrected chi connectivity index (χ3v) is 3.62. The van der Waals surface area contributed by atoms with Crippen molar-refractivity contribution in [3.63, 3.8) is 0 Å². The first-order valence-electron chi connectivity index (χ1n) is 7.57. The van der Waals surface area contributed by atoms with E-state index in [-0.39, 0.29) is 24.4 Å². The van der Waals surface area contributed by atoms with Crippen LogP contribution in [0.2, 0.25) is 0 Å². The summed E-state index contributed by atoms with van der Waals surface area (Å²) in [6, 6.07) is 3.68. The quantitative estimate of drug-likeness (QED) is 0.749. The molecule has 116 valence electrons. The smallest absolute Gasteiger partial charge is 0.315 e. The zero-order valence-electron chi connectivity index (χ0n) is 12.2. The molecule has 1 saturated carbocycles. The van der Waals surface area contributed by atoms with Crippen LogP contribution < -0.4 is 16.0 Å².